The zero-order valence-electron chi connectivity index (χ0n) is 11.6. The van der Waals surface area contributed by atoms with Crippen LogP contribution in [-0.4, -0.2) is 21.0 Å². The summed E-state index contributed by atoms with van der Waals surface area (Å²) in [5.74, 6) is -1.29. The fourth-order valence-corrected chi connectivity index (χ4v) is 2.63. The zero-order chi connectivity index (χ0) is 16.1. The van der Waals surface area contributed by atoms with Gasteiger partial charge in [-0.15, -0.1) is 11.3 Å². The lowest BCUT2D eigenvalue weighted by molar-refractivity contribution is -0.385. The molecule has 0 spiro atoms. The number of para-hydroxylation sites is 2. The number of nitrogens with zero attached hydrogens (tertiary/aromatic N) is 2. The molecule has 0 saturated heterocycles. The summed E-state index contributed by atoms with van der Waals surface area (Å²) in [6.07, 6.45) is 0. The fourth-order valence-electron chi connectivity index (χ4n) is 1.80. The lowest BCUT2D eigenvalue weighted by Gasteiger charge is -1.94. The minimum atomic E-state index is -1.29. The second-order valence-corrected chi connectivity index (χ2v) is 5.51. The third kappa shape index (κ3) is 3.64. The molecular weight excluding hydrogens is 304 g/mol. The number of carboxylic acid groups (broad SMARTS) is 1. The van der Waals surface area contributed by atoms with Crippen molar-refractivity contribution in [1.29, 1.82) is 0 Å². The van der Waals surface area contributed by atoms with Crippen molar-refractivity contribution in [2.24, 2.45) is 0 Å². The average molecular weight is 316 g/mol. The molecule has 0 aliphatic carbocycles. The van der Waals surface area contributed by atoms with Gasteiger partial charge in [-0.1, -0.05) is 24.3 Å². The van der Waals surface area contributed by atoms with E-state index in [9.17, 15) is 14.9 Å². The van der Waals surface area contributed by atoms with Gasteiger partial charge in [-0.25, -0.2) is 9.78 Å². The molecule has 1 aromatic heterocycles. The Morgan fingerprint density at radius 3 is 2.41 bits per heavy atom. The third-order valence-electron chi connectivity index (χ3n) is 2.73. The number of aromatic carboxylic acids is 1. The van der Waals surface area contributed by atoms with Gasteiger partial charge in [0, 0.05) is 6.07 Å². The first-order valence-electron chi connectivity index (χ1n) is 6.28. The molecular formula is C15H12N2O4S. The summed E-state index contributed by atoms with van der Waals surface area (Å²) in [5.41, 5.74) is 0.442. The van der Waals surface area contributed by atoms with E-state index in [0.29, 0.717) is 0 Å². The van der Waals surface area contributed by atoms with Gasteiger partial charge >= 0.3 is 5.97 Å². The van der Waals surface area contributed by atoms with Gasteiger partial charge in [-0.3, -0.25) is 10.1 Å². The molecule has 6 nitrogen and oxygen atoms in total. The Morgan fingerprint density at radius 2 is 1.82 bits per heavy atom. The van der Waals surface area contributed by atoms with E-state index in [4.69, 9.17) is 5.11 Å². The number of thiazole rings is 1. The van der Waals surface area contributed by atoms with Crippen LogP contribution in [0.1, 0.15) is 15.4 Å². The van der Waals surface area contributed by atoms with Crippen LogP contribution in [0.3, 0.4) is 0 Å². The lowest BCUT2D eigenvalue weighted by Crippen LogP contribution is -2.01. The summed E-state index contributed by atoms with van der Waals surface area (Å²) >= 11 is 1.74. The van der Waals surface area contributed by atoms with Crippen LogP contribution in [0.25, 0.3) is 10.2 Å². The molecule has 0 saturated carbocycles. The molecule has 2 aromatic carbocycles. The predicted octanol–water partition coefficient (Wildman–Crippen LogP) is 3.90. The van der Waals surface area contributed by atoms with Gasteiger partial charge in [0.2, 0.25) is 0 Å². The molecule has 0 radical (unpaired) electrons. The lowest BCUT2D eigenvalue weighted by atomic mass is 10.2. The first-order chi connectivity index (χ1) is 10.5. The number of hydrogen-bond acceptors (Lipinski definition) is 5. The van der Waals surface area contributed by atoms with Crippen LogP contribution in [0.4, 0.5) is 5.69 Å². The van der Waals surface area contributed by atoms with E-state index in [1.807, 2.05) is 25.1 Å². The van der Waals surface area contributed by atoms with Crippen LogP contribution in [0.5, 0.6) is 0 Å². The van der Waals surface area contributed by atoms with Crippen LogP contribution in [0.2, 0.25) is 0 Å². The van der Waals surface area contributed by atoms with Crippen molar-refractivity contribution in [3.63, 3.8) is 0 Å². The minimum Gasteiger partial charge on any atom is -0.477 e. The Balaban J connectivity index is 0.000000162. The molecule has 0 aliphatic rings. The molecule has 0 fully saturated rings. The van der Waals surface area contributed by atoms with Crippen LogP contribution < -0.4 is 0 Å². The number of rotatable bonds is 2. The number of carboxylic acids is 1. The standard InChI is InChI=1S/C8H7NS.C7H5NO4/c1-6-9-7-4-2-3-5-8(7)10-6;9-7(10)5-3-1-2-4-6(5)8(11)12/h2-5H,1H3;1-4H,(H,9,10). The Hall–Kier alpha value is -2.80. The summed E-state index contributed by atoms with van der Waals surface area (Å²) in [5, 5.41) is 19.9. The van der Waals surface area contributed by atoms with Crippen LogP contribution in [0, 0.1) is 17.0 Å². The smallest absolute Gasteiger partial charge is 0.342 e. The highest BCUT2D eigenvalue weighted by Crippen LogP contribution is 2.20. The largest absolute Gasteiger partial charge is 0.477 e. The number of aryl methyl sites for hydroxylation is 1. The van der Waals surface area contributed by atoms with Crippen molar-refractivity contribution in [3.05, 3.63) is 69.2 Å². The molecule has 0 unspecified atom stereocenters. The molecule has 3 aromatic rings. The molecule has 0 bridgehead atoms. The van der Waals surface area contributed by atoms with Gasteiger partial charge < -0.3 is 5.11 Å². The normalized spacial score (nSPS) is 9.86. The highest BCUT2D eigenvalue weighted by atomic mass is 32.1. The highest BCUT2D eigenvalue weighted by molar-refractivity contribution is 7.18. The molecule has 0 amide bonds. The first kappa shape index (κ1) is 15.6. The van der Waals surface area contributed by atoms with Crippen molar-refractivity contribution >= 4 is 33.2 Å². The van der Waals surface area contributed by atoms with E-state index in [1.165, 1.54) is 22.9 Å². The SMILES string of the molecule is Cc1nc2ccccc2s1.O=C(O)c1ccccc1[N+](=O)[O-]. The minimum absolute atomic E-state index is 0.289. The van der Waals surface area contributed by atoms with Crippen molar-refractivity contribution in [3.8, 4) is 0 Å². The van der Waals surface area contributed by atoms with Crippen molar-refractivity contribution < 1.29 is 14.8 Å². The van der Waals surface area contributed by atoms with Gasteiger partial charge in [-0.05, 0) is 25.1 Å². The number of nitro benzene ring substituents is 1. The van der Waals surface area contributed by atoms with Crippen molar-refractivity contribution in [2.45, 2.75) is 6.92 Å². The Morgan fingerprint density at radius 1 is 1.18 bits per heavy atom. The average Bonchev–Trinajstić information content (AvgIpc) is 2.87. The van der Waals surface area contributed by atoms with E-state index in [-0.39, 0.29) is 11.3 Å². The van der Waals surface area contributed by atoms with Gasteiger partial charge in [0.05, 0.1) is 20.1 Å². The van der Waals surface area contributed by atoms with Crippen LogP contribution in [0.15, 0.2) is 48.5 Å². The first-order valence-corrected chi connectivity index (χ1v) is 7.09. The maximum absolute atomic E-state index is 10.4. The molecule has 22 heavy (non-hydrogen) atoms. The molecule has 112 valence electrons. The van der Waals surface area contributed by atoms with E-state index in [1.54, 1.807) is 11.3 Å². The van der Waals surface area contributed by atoms with Crippen molar-refractivity contribution in [1.82, 2.24) is 4.98 Å². The Kier molecular flexibility index (Phi) is 4.80. The highest BCUT2D eigenvalue weighted by Gasteiger charge is 2.17. The molecule has 1 N–H and O–H groups in total. The number of fused-ring (bicyclic) bond motifs is 1. The number of hydrogen-bond donors (Lipinski definition) is 1. The van der Waals surface area contributed by atoms with E-state index < -0.39 is 10.9 Å². The predicted molar refractivity (Wildman–Crippen MR) is 84.4 cm³/mol. The number of benzene rings is 2. The quantitative estimate of drug-likeness (QED) is 0.571. The van der Waals surface area contributed by atoms with E-state index in [0.717, 1.165) is 16.6 Å². The van der Waals surface area contributed by atoms with Crippen LogP contribution >= 0.6 is 11.3 Å². The molecule has 0 atom stereocenters. The van der Waals surface area contributed by atoms with E-state index in [2.05, 4.69) is 11.1 Å². The van der Waals surface area contributed by atoms with E-state index >= 15 is 0 Å². The topological polar surface area (TPSA) is 93.3 Å². The monoisotopic (exact) mass is 316 g/mol. The summed E-state index contributed by atoms with van der Waals surface area (Å²) in [4.78, 5) is 24.3. The number of aromatic nitrogens is 1. The third-order valence-corrected chi connectivity index (χ3v) is 3.68. The van der Waals surface area contributed by atoms with Gasteiger partial charge in [0.25, 0.3) is 5.69 Å². The Labute approximate surface area is 129 Å². The fraction of sp³-hybridized carbons (Fsp3) is 0.0667. The molecule has 1 heterocycles. The maximum atomic E-state index is 10.4. The summed E-state index contributed by atoms with van der Waals surface area (Å²) in [6.45, 7) is 2.03. The summed E-state index contributed by atoms with van der Waals surface area (Å²) < 4.78 is 1.28. The summed E-state index contributed by atoms with van der Waals surface area (Å²) in [7, 11) is 0. The number of carbonyl (C=O) groups is 1. The van der Waals surface area contributed by atoms with Gasteiger partial charge in [0.1, 0.15) is 5.56 Å². The molecule has 7 heteroatoms. The Bertz CT molecular complexity index is 763. The summed E-state index contributed by atoms with van der Waals surface area (Å²) in [6, 6.07) is 13.4. The molecule has 3 rings (SSSR count). The number of nitro groups is 1. The second kappa shape index (κ2) is 6.77. The van der Waals surface area contributed by atoms with Crippen LogP contribution in [-0.2, 0) is 0 Å². The maximum Gasteiger partial charge on any atom is 0.342 e. The van der Waals surface area contributed by atoms with Gasteiger partial charge in [-0.2, -0.15) is 0 Å². The second-order valence-electron chi connectivity index (χ2n) is 4.28. The zero-order valence-corrected chi connectivity index (χ0v) is 12.4. The van der Waals surface area contributed by atoms with Crippen molar-refractivity contribution in [2.75, 3.05) is 0 Å². The molecule has 0 aliphatic heterocycles. The van der Waals surface area contributed by atoms with Gasteiger partial charge in [0.15, 0.2) is 0 Å².